The highest BCUT2D eigenvalue weighted by molar-refractivity contribution is 14.1. The summed E-state index contributed by atoms with van der Waals surface area (Å²) in [6.45, 7) is 5.06. The minimum atomic E-state index is -1.04. The van der Waals surface area contributed by atoms with Crippen LogP contribution in [-0.2, 0) is 6.54 Å². The Labute approximate surface area is 202 Å². The largest absolute Gasteiger partial charge is 0.345 e. The zero-order valence-electron chi connectivity index (χ0n) is 18.8. The third kappa shape index (κ3) is 4.12. The van der Waals surface area contributed by atoms with Gasteiger partial charge in [-0.15, -0.1) is 5.53 Å². The molecule has 0 spiro atoms. The number of hydrogen-bond donors (Lipinski definition) is 2. The molecule has 1 fully saturated rings. The Hall–Kier alpha value is -2.13. The van der Waals surface area contributed by atoms with Crippen LogP contribution in [0.15, 0.2) is 48.4 Å². The maximum absolute atomic E-state index is 14.3. The van der Waals surface area contributed by atoms with Crippen molar-refractivity contribution in [3.63, 3.8) is 0 Å². The minimum Gasteiger partial charge on any atom is -0.345 e. The van der Waals surface area contributed by atoms with Crippen LogP contribution >= 0.6 is 22.6 Å². The standard InChI is InChI=1S/C25H29FIN5/c1-16-4-6-19(7-5-16)21-15-32(14-18-8-10-25(26,27)11-9-18)22-12-20(13-28-23(21)22)24-17(2)29-30-31(24)3/h4-7,12-13,15,18,29-30H,8-11,14H2,1-3H3. The van der Waals surface area contributed by atoms with Crippen molar-refractivity contribution < 1.29 is 4.39 Å². The molecular weight excluding hydrogens is 516 g/mol. The van der Waals surface area contributed by atoms with Gasteiger partial charge in [0.15, 0.2) is 3.68 Å². The van der Waals surface area contributed by atoms with Gasteiger partial charge in [-0.3, -0.25) is 9.99 Å². The van der Waals surface area contributed by atoms with E-state index in [9.17, 15) is 4.39 Å². The van der Waals surface area contributed by atoms with Crippen LogP contribution in [0.4, 0.5) is 4.39 Å². The number of hydrogen-bond acceptors (Lipinski definition) is 4. The van der Waals surface area contributed by atoms with Gasteiger partial charge in [-0.2, -0.15) is 0 Å². The highest BCUT2D eigenvalue weighted by atomic mass is 127. The molecule has 168 valence electrons. The predicted molar refractivity (Wildman–Crippen MR) is 136 cm³/mol. The first-order valence-electron chi connectivity index (χ1n) is 11.2. The van der Waals surface area contributed by atoms with Gasteiger partial charge < -0.3 is 9.99 Å². The van der Waals surface area contributed by atoms with Gasteiger partial charge >= 0.3 is 0 Å². The third-order valence-corrected chi connectivity index (χ3v) is 7.83. The predicted octanol–water partition coefficient (Wildman–Crippen LogP) is 5.95. The van der Waals surface area contributed by atoms with E-state index in [1.165, 1.54) is 11.1 Å². The summed E-state index contributed by atoms with van der Waals surface area (Å²) < 4.78 is 15.6. The number of alkyl halides is 2. The van der Waals surface area contributed by atoms with Crippen LogP contribution < -0.4 is 11.0 Å². The maximum Gasteiger partial charge on any atom is 0.161 e. The number of halogens is 2. The summed E-state index contributed by atoms with van der Waals surface area (Å²) in [6.07, 6.45) is 7.33. The van der Waals surface area contributed by atoms with E-state index in [2.05, 4.69) is 65.9 Å². The fourth-order valence-corrected chi connectivity index (χ4v) is 5.52. The number of nitrogens with one attached hydrogen (secondary N) is 2. The molecule has 0 bridgehead atoms. The number of nitrogens with zero attached hydrogens (tertiary/aromatic N) is 3. The van der Waals surface area contributed by atoms with Gasteiger partial charge in [0.2, 0.25) is 0 Å². The van der Waals surface area contributed by atoms with E-state index < -0.39 is 3.68 Å². The normalized spacial score (nSPS) is 23.8. The summed E-state index contributed by atoms with van der Waals surface area (Å²) in [6, 6.07) is 10.9. The molecule has 1 aromatic carbocycles. The Morgan fingerprint density at radius 1 is 1.16 bits per heavy atom. The molecule has 1 saturated carbocycles. The number of pyridine rings is 1. The van der Waals surface area contributed by atoms with Gasteiger partial charge in [-0.05, 0) is 79.7 Å². The fraction of sp³-hybridized carbons (Fsp3) is 0.400. The van der Waals surface area contributed by atoms with E-state index in [1.807, 2.05) is 40.8 Å². The molecule has 0 radical (unpaired) electrons. The Bertz CT molecular complexity index is 1170. The number of aromatic nitrogens is 2. The van der Waals surface area contributed by atoms with E-state index in [0.29, 0.717) is 18.8 Å². The maximum atomic E-state index is 14.3. The molecular formula is C25H29FIN5. The average molecular weight is 545 g/mol. The van der Waals surface area contributed by atoms with Crippen LogP contribution in [0.25, 0.3) is 27.9 Å². The van der Waals surface area contributed by atoms with Gasteiger partial charge in [-0.25, -0.2) is 4.39 Å². The van der Waals surface area contributed by atoms with Crippen molar-refractivity contribution in [1.29, 1.82) is 0 Å². The number of benzene rings is 1. The quantitative estimate of drug-likeness (QED) is 0.315. The van der Waals surface area contributed by atoms with E-state index in [0.717, 1.165) is 52.9 Å². The lowest BCUT2D eigenvalue weighted by Gasteiger charge is -2.30. The van der Waals surface area contributed by atoms with Crippen molar-refractivity contribution in [3.8, 4) is 11.1 Å². The fourth-order valence-electron chi connectivity index (χ4n) is 4.90. The highest BCUT2D eigenvalue weighted by Gasteiger charge is 2.32. The van der Waals surface area contributed by atoms with Gasteiger partial charge in [0.05, 0.1) is 22.4 Å². The zero-order chi connectivity index (χ0) is 22.5. The van der Waals surface area contributed by atoms with Crippen molar-refractivity contribution in [2.75, 3.05) is 7.05 Å². The number of aryl methyl sites for hydroxylation is 1. The Kier molecular flexibility index (Phi) is 5.65. The molecule has 1 aliphatic carbocycles. The molecule has 2 aromatic heterocycles. The van der Waals surface area contributed by atoms with Crippen LogP contribution in [0.5, 0.6) is 0 Å². The minimum absolute atomic E-state index is 0.484. The van der Waals surface area contributed by atoms with Gasteiger partial charge in [0.25, 0.3) is 0 Å². The number of rotatable bonds is 4. The van der Waals surface area contributed by atoms with E-state index in [4.69, 9.17) is 4.98 Å². The summed E-state index contributed by atoms with van der Waals surface area (Å²) in [7, 11) is 2.00. The van der Waals surface area contributed by atoms with Crippen LogP contribution in [0, 0.1) is 12.8 Å². The van der Waals surface area contributed by atoms with Crippen molar-refractivity contribution in [1.82, 2.24) is 25.5 Å². The Balaban J connectivity index is 1.58. The lowest BCUT2D eigenvalue weighted by atomic mass is 9.88. The van der Waals surface area contributed by atoms with Crippen molar-refractivity contribution in [2.45, 2.75) is 49.8 Å². The van der Waals surface area contributed by atoms with Crippen LogP contribution in [0.3, 0.4) is 0 Å². The third-order valence-electron chi connectivity index (χ3n) is 6.75. The van der Waals surface area contributed by atoms with Crippen LogP contribution in [0.1, 0.15) is 43.7 Å². The first kappa shape index (κ1) is 21.7. The second-order valence-electron chi connectivity index (χ2n) is 9.22. The number of hydrazine groups is 2. The molecule has 2 aliphatic rings. The second kappa shape index (κ2) is 8.33. The molecule has 2 N–H and O–H groups in total. The molecule has 3 heterocycles. The van der Waals surface area contributed by atoms with Crippen LogP contribution in [0.2, 0.25) is 0 Å². The summed E-state index contributed by atoms with van der Waals surface area (Å²) in [5.41, 5.74) is 15.3. The first-order chi connectivity index (χ1) is 15.3. The molecule has 0 saturated heterocycles. The summed E-state index contributed by atoms with van der Waals surface area (Å²) in [5.74, 6) is 0.484. The molecule has 0 amide bonds. The smallest absolute Gasteiger partial charge is 0.161 e. The SMILES string of the molecule is CC1=C(c2cnc3c(-c4ccc(C)cc4)cn(CC4CCC(F)(I)CC4)c3c2)N(C)NN1. The van der Waals surface area contributed by atoms with Gasteiger partial charge in [-0.1, -0.05) is 29.8 Å². The monoisotopic (exact) mass is 545 g/mol. The lowest BCUT2D eigenvalue weighted by Crippen LogP contribution is -2.34. The van der Waals surface area contributed by atoms with Crippen molar-refractivity contribution in [2.24, 2.45) is 5.92 Å². The second-order valence-corrected chi connectivity index (χ2v) is 11.2. The first-order valence-corrected chi connectivity index (χ1v) is 12.3. The average Bonchev–Trinajstić information content (AvgIpc) is 3.29. The van der Waals surface area contributed by atoms with E-state index in [1.54, 1.807) is 0 Å². The van der Waals surface area contributed by atoms with Crippen molar-refractivity contribution in [3.05, 3.63) is 59.5 Å². The van der Waals surface area contributed by atoms with E-state index >= 15 is 0 Å². The number of allylic oxidation sites excluding steroid dienone is 1. The van der Waals surface area contributed by atoms with Crippen LogP contribution in [-0.4, -0.2) is 25.3 Å². The number of fused-ring (bicyclic) bond motifs is 1. The Morgan fingerprint density at radius 2 is 1.88 bits per heavy atom. The zero-order valence-corrected chi connectivity index (χ0v) is 20.9. The molecule has 0 atom stereocenters. The summed E-state index contributed by atoms with van der Waals surface area (Å²) in [4.78, 5) is 4.93. The molecule has 3 aromatic rings. The molecule has 0 unspecified atom stereocenters. The molecule has 7 heteroatoms. The van der Waals surface area contributed by atoms with E-state index in [-0.39, 0.29) is 0 Å². The molecule has 1 aliphatic heterocycles. The summed E-state index contributed by atoms with van der Waals surface area (Å²) >= 11 is 1.99. The Morgan fingerprint density at radius 3 is 2.53 bits per heavy atom. The lowest BCUT2D eigenvalue weighted by molar-refractivity contribution is 0.182. The van der Waals surface area contributed by atoms with Crippen molar-refractivity contribution >= 4 is 39.3 Å². The molecule has 32 heavy (non-hydrogen) atoms. The topological polar surface area (TPSA) is 45.1 Å². The van der Waals surface area contributed by atoms with Gasteiger partial charge in [0.1, 0.15) is 0 Å². The summed E-state index contributed by atoms with van der Waals surface area (Å²) in [5, 5.41) is 1.98. The highest BCUT2D eigenvalue weighted by Crippen LogP contribution is 2.41. The molecule has 5 nitrogen and oxygen atoms in total. The van der Waals surface area contributed by atoms with Gasteiger partial charge in [0, 0.05) is 37.1 Å². The molecule has 5 rings (SSSR count).